The molecule has 0 bridgehead atoms. The van der Waals surface area contributed by atoms with Crippen LogP contribution in [0.3, 0.4) is 0 Å². The number of nitrogens with one attached hydrogen (secondary N) is 1. The van der Waals surface area contributed by atoms with Crippen molar-refractivity contribution in [1.82, 2.24) is 25.2 Å². The number of amides is 1. The highest BCUT2D eigenvalue weighted by atomic mass is 19.1. The summed E-state index contributed by atoms with van der Waals surface area (Å²) < 4.78 is 13.6. The van der Waals surface area contributed by atoms with E-state index in [1.807, 2.05) is 6.07 Å². The van der Waals surface area contributed by atoms with Gasteiger partial charge in [0, 0.05) is 12.0 Å². The smallest absolute Gasteiger partial charge is 0.237 e. The lowest BCUT2D eigenvalue weighted by atomic mass is 9.71. The molecule has 2 fully saturated rings. The summed E-state index contributed by atoms with van der Waals surface area (Å²) in [5, 5.41) is 21.0. The van der Waals surface area contributed by atoms with Crippen LogP contribution in [0.1, 0.15) is 40.0 Å². The quantitative estimate of drug-likeness (QED) is 0.858. The second-order valence-electron chi connectivity index (χ2n) is 8.25. The summed E-state index contributed by atoms with van der Waals surface area (Å²) in [6.07, 6.45) is 4.32. The molecule has 3 rings (SSSR count). The van der Waals surface area contributed by atoms with Crippen LogP contribution in [0, 0.1) is 22.7 Å². The van der Waals surface area contributed by atoms with E-state index in [0.29, 0.717) is 5.92 Å². The van der Waals surface area contributed by atoms with Crippen molar-refractivity contribution in [3.8, 4) is 6.07 Å². The Balaban J connectivity index is 1.62. The van der Waals surface area contributed by atoms with Crippen molar-refractivity contribution in [3.05, 3.63) is 12.4 Å². The topological polar surface area (TPSA) is 86.8 Å². The van der Waals surface area contributed by atoms with Crippen LogP contribution in [0.25, 0.3) is 0 Å². The van der Waals surface area contributed by atoms with Gasteiger partial charge in [-0.3, -0.25) is 4.79 Å². The molecule has 1 saturated heterocycles. The molecule has 1 amide bonds. The van der Waals surface area contributed by atoms with Gasteiger partial charge in [0.25, 0.3) is 0 Å². The molecule has 1 saturated carbocycles. The van der Waals surface area contributed by atoms with Crippen molar-refractivity contribution in [2.24, 2.45) is 11.3 Å². The van der Waals surface area contributed by atoms with Crippen LogP contribution in [0.5, 0.6) is 0 Å². The highest BCUT2D eigenvalue weighted by molar-refractivity contribution is 5.79. The van der Waals surface area contributed by atoms with Gasteiger partial charge in [-0.25, -0.2) is 4.39 Å². The van der Waals surface area contributed by atoms with Crippen LogP contribution in [0.15, 0.2) is 12.4 Å². The van der Waals surface area contributed by atoms with Gasteiger partial charge in [0.15, 0.2) is 0 Å². The lowest BCUT2D eigenvalue weighted by molar-refractivity contribution is -0.131. The Morgan fingerprint density at radius 1 is 1.38 bits per heavy atom. The number of hydrogen-bond acceptors (Lipinski definition) is 5. The molecule has 1 aliphatic carbocycles. The van der Waals surface area contributed by atoms with Crippen molar-refractivity contribution >= 4 is 5.91 Å². The number of likely N-dealkylation sites (tertiary alicyclic amines) is 1. The van der Waals surface area contributed by atoms with E-state index < -0.39 is 12.2 Å². The first-order chi connectivity index (χ1) is 12.3. The van der Waals surface area contributed by atoms with Gasteiger partial charge in [-0.05, 0) is 31.1 Å². The van der Waals surface area contributed by atoms with Crippen LogP contribution in [0.4, 0.5) is 4.39 Å². The van der Waals surface area contributed by atoms with Gasteiger partial charge in [-0.2, -0.15) is 20.3 Å². The molecular formula is C18H27FN6O. The summed E-state index contributed by atoms with van der Waals surface area (Å²) in [6, 6.07) is 1.38. The molecule has 7 nitrogen and oxygen atoms in total. The van der Waals surface area contributed by atoms with E-state index in [9.17, 15) is 9.18 Å². The molecule has 4 atom stereocenters. The minimum absolute atomic E-state index is 0.0203. The number of carbonyl (C=O) groups excluding carboxylic acids is 1. The zero-order chi connectivity index (χ0) is 18.9. The second kappa shape index (κ2) is 6.95. The minimum atomic E-state index is -1.10. The molecule has 26 heavy (non-hydrogen) atoms. The van der Waals surface area contributed by atoms with Crippen LogP contribution in [0.2, 0.25) is 0 Å². The van der Waals surface area contributed by atoms with E-state index in [2.05, 4.69) is 36.3 Å². The van der Waals surface area contributed by atoms with Gasteiger partial charge in [0.2, 0.25) is 5.91 Å². The number of carbonyl (C=O) groups is 1. The third-order valence-electron chi connectivity index (χ3n) is 6.63. The number of rotatable bonds is 5. The lowest BCUT2D eigenvalue weighted by Crippen LogP contribution is -2.55. The van der Waals surface area contributed by atoms with Crippen molar-refractivity contribution in [2.45, 2.75) is 64.3 Å². The first-order valence-corrected chi connectivity index (χ1v) is 9.19. The molecule has 1 aromatic heterocycles. The van der Waals surface area contributed by atoms with E-state index in [1.165, 1.54) is 4.90 Å². The summed E-state index contributed by atoms with van der Waals surface area (Å²) >= 11 is 0. The minimum Gasteiger partial charge on any atom is -0.323 e. The van der Waals surface area contributed by atoms with Crippen LogP contribution in [-0.2, 0) is 11.3 Å². The summed E-state index contributed by atoms with van der Waals surface area (Å²) in [7, 11) is 0. The fraction of sp³-hybridized carbons (Fsp3) is 0.778. The Labute approximate surface area is 153 Å². The molecule has 1 aliphatic heterocycles. The van der Waals surface area contributed by atoms with Crippen LogP contribution < -0.4 is 5.32 Å². The molecule has 1 aromatic rings. The fourth-order valence-corrected chi connectivity index (χ4v) is 4.32. The Morgan fingerprint density at radius 3 is 2.73 bits per heavy atom. The number of nitriles is 1. The molecule has 2 aliphatic rings. The van der Waals surface area contributed by atoms with Gasteiger partial charge in [0.05, 0.1) is 38.1 Å². The molecule has 1 N–H and O–H groups in total. The summed E-state index contributed by atoms with van der Waals surface area (Å²) in [4.78, 5) is 15.6. The van der Waals surface area contributed by atoms with Crippen LogP contribution >= 0.6 is 0 Å². The highest BCUT2D eigenvalue weighted by Crippen LogP contribution is 2.50. The molecule has 142 valence electrons. The Kier molecular flexibility index (Phi) is 5.02. The highest BCUT2D eigenvalue weighted by Gasteiger charge is 2.51. The number of hydrogen-bond donors (Lipinski definition) is 1. The zero-order valence-corrected chi connectivity index (χ0v) is 15.7. The summed E-state index contributed by atoms with van der Waals surface area (Å²) in [6.45, 7) is 7.44. The Hall–Kier alpha value is -2.01. The molecule has 0 radical (unpaired) electrons. The summed E-state index contributed by atoms with van der Waals surface area (Å²) in [5.74, 6) is 0.183. The van der Waals surface area contributed by atoms with Crippen molar-refractivity contribution in [1.29, 1.82) is 5.26 Å². The maximum atomic E-state index is 13.6. The maximum Gasteiger partial charge on any atom is 0.237 e. The van der Waals surface area contributed by atoms with Gasteiger partial charge in [-0.15, -0.1) is 0 Å². The van der Waals surface area contributed by atoms with Gasteiger partial charge < -0.3 is 10.2 Å². The van der Waals surface area contributed by atoms with E-state index >= 15 is 0 Å². The number of alkyl halides is 1. The second-order valence-corrected chi connectivity index (χ2v) is 8.25. The maximum absolute atomic E-state index is 13.6. The van der Waals surface area contributed by atoms with E-state index in [0.717, 1.165) is 19.4 Å². The zero-order valence-electron chi connectivity index (χ0n) is 15.7. The van der Waals surface area contributed by atoms with Gasteiger partial charge in [0.1, 0.15) is 12.2 Å². The molecule has 0 spiro atoms. The van der Waals surface area contributed by atoms with Crippen molar-refractivity contribution in [3.63, 3.8) is 0 Å². The van der Waals surface area contributed by atoms with Crippen molar-refractivity contribution in [2.75, 3.05) is 13.1 Å². The van der Waals surface area contributed by atoms with Crippen molar-refractivity contribution < 1.29 is 9.18 Å². The predicted octanol–water partition coefficient (Wildman–Crippen LogP) is 1.53. The standard InChI is InChI=1S/C18H27FN6O/c1-17(2)13(11-25-22-6-7-23-25)4-5-18(17,3)21-10-16(26)24-12-14(19)8-15(24)9-20/h6-7,13-15,21H,4-5,8,10-12H2,1-3H3/t13-,14-,15-,18-/m0/s1. The Bertz CT molecular complexity index is 684. The predicted molar refractivity (Wildman–Crippen MR) is 93.6 cm³/mol. The van der Waals surface area contributed by atoms with Gasteiger partial charge >= 0.3 is 0 Å². The summed E-state index contributed by atoms with van der Waals surface area (Å²) in [5.41, 5.74) is -0.291. The van der Waals surface area contributed by atoms with E-state index in [4.69, 9.17) is 5.26 Å². The average molecular weight is 362 g/mol. The fourth-order valence-electron chi connectivity index (χ4n) is 4.32. The molecule has 0 unspecified atom stereocenters. The number of nitrogens with zero attached hydrogens (tertiary/aromatic N) is 5. The third-order valence-corrected chi connectivity index (χ3v) is 6.63. The monoisotopic (exact) mass is 362 g/mol. The molecule has 8 heteroatoms. The van der Waals surface area contributed by atoms with E-state index in [1.54, 1.807) is 17.2 Å². The first kappa shape index (κ1) is 18.8. The number of halogens is 1. The molecule has 0 aromatic carbocycles. The van der Waals surface area contributed by atoms with E-state index in [-0.39, 0.29) is 36.4 Å². The van der Waals surface area contributed by atoms with Gasteiger partial charge in [-0.1, -0.05) is 13.8 Å². The third kappa shape index (κ3) is 3.32. The average Bonchev–Trinajstić information content (AvgIpc) is 3.29. The lowest BCUT2D eigenvalue weighted by Gasteiger charge is -2.42. The van der Waals surface area contributed by atoms with Crippen LogP contribution in [-0.4, -0.2) is 56.6 Å². The largest absolute Gasteiger partial charge is 0.323 e. The SMILES string of the molecule is CC1(C)[C@H](Cn2nccn2)CC[C@]1(C)NCC(=O)N1C[C@@H](F)C[C@H]1C#N. The molecular weight excluding hydrogens is 335 g/mol. The first-order valence-electron chi connectivity index (χ1n) is 9.19. The Morgan fingerprint density at radius 2 is 2.08 bits per heavy atom. The number of aromatic nitrogens is 3. The molecule has 2 heterocycles. The normalized spacial score (nSPS) is 33.3.